The normalized spacial score (nSPS) is 11.2. The maximum atomic E-state index is 13.7. The first kappa shape index (κ1) is 17.6. The van der Waals surface area contributed by atoms with Crippen molar-refractivity contribution in [3.63, 3.8) is 0 Å². The average molecular weight is 357 g/mol. The molecule has 1 heterocycles. The van der Waals surface area contributed by atoms with Crippen LogP contribution in [-0.4, -0.2) is 12.0 Å². The molecule has 0 atom stereocenters. The number of nitrogens with one attached hydrogen (secondary N) is 1. The summed E-state index contributed by atoms with van der Waals surface area (Å²) in [6.07, 6.45) is 0.199. The van der Waals surface area contributed by atoms with Gasteiger partial charge in [0.1, 0.15) is 5.82 Å². The molecule has 25 heavy (non-hydrogen) atoms. The van der Waals surface area contributed by atoms with Crippen molar-refractivity contribution in [2.75, 3.05) is 0 Å². The number of rotatable bonds is 6. The van der Waals surface area contributed by atoms with Crippen LogP contribution in [0.15, 0.2) is 48.5 Å². The lowest BCUT2D eigenvalue weighted by molar-refractivity contribution is 0.0657. The Balaban J connectivity index is 1.60. The van der Waals surface area contributed by atoms with Gasteiger partial charge in [-0.3, -0.25) is 4.79 Å². The molecular weight excluding hydrogens is 337 g/mol. The van der Waals surface area contributed by atoms with Crippen LogP contribution in [0.5, 0.6) is 0 Å². The van der Waals surface area contributed by atoms with Gasteiger partial charge in [0.05, 0.1) is 17.6 Å². The molecule has 0 aliphatic rings. The summed E-state index contributed by atoms with van der Waals surface area (Å²) in [5.41, 5.74) is 2.11. The third kappa shape index (κ3) is 4.44. The first-order valence-corrected chi connectivity index (χ1v) is 9.00. The fraction of sp³-hybridized carbons (Fsp3) is 0.250. The largest absolute Gasteiger partial charge is 0.374 e. The van der Waals surface area contributed by atoms with Gasteiger partial charge in [0, 0.05) is 16.6 Å². The molecule has 0 aliphatic carbocycles. The van der Waals surface area contributed by atoms with Gasteiger partial charge >= 0.3 is 0 Å². The second-order valence-corrected chi connectivity index (χ2v) is 7.21. The van der Waals surface area contributed by atoms with Crippen LogP contribution in [0.3, 0.4) is 0 Å². The van der Waals surface area contributed by atoms with Crippen molar-refractivity contribution in [1.82, 2.24) is 5.32 Å². The highest BCUT2D eigenvalue weighted by molar-refractivity contribution is 7.20. The quantitative estimate of drug-likeness (QED) is 0.682. The van der Waals surface area contributed by atoms with E-state index in [9.17, 15) is 9.18 Å². The maximum absolute atomic E-state index is 13.7. The highest BCUT2D eigenvalue weighted by atomic mass is 32.1. The van der Waals surface area contributed by atoms with E-state index in [0.29, 0.717) is 23.4 Å². The molecule has 1 aromatic heterocycles. The lowest BCUT2D eigenvalue weighted by Crippen LogP contribution is -2.21. The summed E-state index contributed by atoms with van der Waals surface area (Å²) in [4.78, 5) is 12.8. The predicted octanol–water partition coefficient (Wildman–Crippen LogP) is 4.90. The molecule has 0 spiro atoms. The summed E-state index contributed by atoms with van der Waals surface area (Å²) in [6.45, 7) is 5.02. The number of hydrogen-bond acceptors (Lipinski definition) is 3. The molecular formula is C20H20FNO2S. The molecule has 3 rings (SSSR count). The molecule has 1 amide bonds. The van der Waals surface area contributed by atoms with Crippen molar-refractivity contribution in [3.8, 4) is 0 Å². The Hall–Kier alpha value is -2.24. The van der Waals surface area contributed by atoms with Gasteiger partial charge in [0.25, 0.3) is 5.91 Å². The van der Waals surface area contributed by atoms with Gasteiger partial charge in [-0.15, -0.1) is 11.3 Å². The third-order valence-corrected chi connectivity index (χ3v) is 4.89. The Kier molecular flexibility index (Phi) is 5.46. The monoisotopic (exact) mass is 357 g/mol. The molecule has 0 unspecified atom stereocenters. The maximum Gasteiger partial charge on any atom is 0.261 e. The van der Waals surface area contributed by atoms with Gasteiger partial charge in [0.15, 0.2) is 0 Å². The van der Waals surface area contributed by atoms with E-state index in [1.165, 1.54) is 17.4 Å². The molecule has 2 aromatic carbocycles. The second-order valence-electron chi connectivity index (χ2n) is 6.12. The van der Waals surface area contributed by atoms with Gasteiger partial charge in [-0.2, -0.15) is 0 Å². The minimum absolute atomic E-state index is 0.187. The van der Waals surface area contributed by atoms with Gasteiger partial charge in [-0.25, -0.2) is 4.39 Å². The van der Waals surface area contributed by atoms with E-state index in [1.54, 1.807) is 12.1 Å². The Labute approximate surface area is 150 Å². The van der Waals surface area contributed by atoms with Crippen LogP contribution in [0, 0.1) is 5.82 Å². The van der Waals surface area contributed by atoms with Crippen molar-refractivity contribution >= 4 is 27.3 Å². The smallest absolute Gasteiger partial charge is 0.261 e. The number of ether oxygens (including phenoxy) is 1. The molecule has 0 aliphatic heterocycles. The van der Waals surface area contributed by atoms with E-state index >= 15 is 0 Å². The van der Waals surface area contributed by atoms with Crippen LogP contribution in [0.25, 0.3) is 10.1 Å². The molecule has 0 saturated heterocycles. The molecule has 5 heteroatoms. The highest BCUT2D eigenvalue weighted by Crippen LogP contribution is 2.27. The van der Waals surface area contributed by atoms with E-state index in [-0.39, 0.29) is 17.8 Å². The van der Waals surface area contributed by atoms with Crippen LogP contribution < -0.4 is 5.32 Å². The molecule has 3 aromatic rings. The first-order chi connectivity index (χ1) is 12.0. The van der Waals surface area contributed by atoms with Crippen LogP contribution >= 0.6 is 11.3 Å². The summed E-state index contributed by atoms with van der Waals surface area (Å²) < 4.78 is 20.1. The second kappa shape index (κ2) is 7.76. The molecule has 0 saturated carbocycles. The van der Waals surface area contributed by atoms with Crippen molar-refractivity contribution in [2.45, 2.75) is 33.1 Å². The Morgan fingerprint density at radius 1 is 1.16 bits per heavy atom. The Bertz CT molecular complexity index is 871. The number of hydrogen-bond donors (Lipinski definition) is 1. The zero-order chi connectivity index (χ0) is 17.8. The van der Waals surface area contributed by atoms with Crippen LogP contribution in [-0.2, 0) is 17.9 Å². The van der Waals surface area contributed by atoms with Crippen molar-refractivity contribution in [1.29, 1.82) is 0 Å². The van der Waals surface area contributed by atoms with Crippen LogP contribution in [0.1, 0.15) is 34.6 Å². The standard InChI is InChI=1S/C20H20FNO2S/c1-13(2)24-12-15-8-6-14(7-9-15)11-22-20(23)19-10-16-17(21)4-3-5-18(16)25-19/h3-10,13H,11-12H2,1-2H3,(H,22,23). The number of thiophene rings is 1. The zero-order valence-corrected chi connectivity index (χ0v) is 15.0. The van der Waals surface area contributed by atoms with Gasteiger partial charge in [0.2, 0.25) is 0 Å². The topological polar surface area (TPSA) is 38.3 Å². The predicted molar refractivity (Wildman–Crippen MR) is 99.3 cm³/mol. The van der Waals surface area contributed by atoms with Crippen molar-refractivity contribution in [3.05, 3.63) is 70.4 Å². The van der Waals surface area contributed by atoms with E-state index in [0.717, 1.165) is 15.8 Å². The minimum Gasteiger partial charge on any atom is -0.374 e. The molecule has 0 fully saturated rings. The highest BCUT2D eigenvalue weighted by Gasteiger charge is 2.12. The van der Waals surface area contributed by atoms with E-state index in [4.69, 9.17) is 4.74 Å². The van der Waals surface area contributed by atoms with Gasteiger partial charge < -0.3 is 10.1 Å². The fourth-order valence-corrected chi connectivity index (χ4v) is 3.41. The lowest BCUT2D eigenvalue weighted by atomic mass is 10.1. The summed E-state index contributed by atoms with van der Waals surface area (Å²) in [7, 11) is 0. The number of benzene rings is 2. The number of carbonyl (C=O) groups excluding carboxylic acids is 1. The number of fused-ring (bicyclic) bond motifs is 1. The Morgan fingerprint density at radius 2 is 1.88 bits per heavy atom. The zero-order valence-electron chi connectivity index (χ0n) is 14.2. The summed E-state index contributed by atoms with van der Waals surface area (Å²) in [6, 6.07) is 14.4. The van der Waals surface area contributed by atoms with Crippen molar-refractivity contribution in [2.24, 2.45) is 0 Å². The Morgan fingerprint density at radius 3 is 2.56 bits per heavy atom. The lowest BCUT2D eigenvalue weighted by Gasteiger charge is -2.08. The molecule has 130 valence electrons. The van der Waals surface area contributed by atoms with Crippen LogP contribution in [0.2, 0.25) is 0 Å². The fourth-order valence-electron chi connectivity index (χ4n) is 2.42. The molecule has 0 bridgehead atoms. The summed E-state index contributed by atoms with van der Waals surface area (Å²) in [5.74, 6) is -0.486. The average Bonchev–Trinajstić information content (AvgIpc) is 3.04. The molecule has 3 nitrogen and oxygen atoms in total. The summed E-state index contributed by atoms with van der Waals surface area (Å²) >= 11 is 1.30. The van der Waals surface area contributed by atoms with Gasteiger partial charge in [-0.05, 0) is 43.2 Å². The SMILES string of the molecule is CC(C)OCc1ccc(CNC(=O)c2cc3c(F)cccc3s2)cc1. The molecule has 1 N–H and O–H groups in total. The van der Waals surface area contributed by atoms with E-state index in [2.05, 4.69) is 5.32 Å². The third-order valence-electron chi connectivity index (χ3n) is 3.79. The summed E-state index contributed by atoms with van der Waals surface area (Å²) in [5, 5.41) is 3.38. The first-order valence-electron chi connectivity index (χ1n) is 8.18. The molecule has 0 radical (unpaired) electrons. The van der Waals surface area contributed by atoms with E-state index in [1.807, 2.05) is 44.2 Å². The van der Waals surface area contributed by atoms with E-state index < -0.39 is 0 Å². The number of carbonyl (C=O) groups is 1. The van der Waals surface area contributed by atoms with Crippen molar-refractivity contribution < 1.29 is 13.9 Å². The van der Waals surface area contributed by atoms with Crippen LogP contribution in [0.4, 0.5) is 4.39 Å². The van der Waals surface area contributed by atoms with Gasteiger partial charge in [-0.1, -0.05) is 30.3 Å². The minimum atomic E-state index is -0.299. The number of halogens is 1. The number of amides is 1.